The van der Waals surface area contributed by atoms with Crippen molar-refractivity contribution in [2.45, 2.75) is 6.54 Å². The van der Waals surface area contributed by atoms with Gasteiger partial charge in [0.25, 0.3) is 0 Å². The predicted molar refractivity (Wildman–Crippen MR) is 69.9 cm³/mol. The highest BCUT2D eigenvalue weighted by Gasteiger charge is 2.06. The number of aromatic nitrogens is 1. The highest BCUT2D eigenvalue weighted by Crippen LogP contribution is 2.20. The summed E-state index contributed by atoms with van der Waals surface area (Å²) in [5.74, 6) is -1.53. The summed E-state index contributed by atoms with van der Waals surface area (Å²) in [5.41, 5.74) is 0.695. The van der Waals surface area contributed by atoms with E-state index in [9.17, 15) is 9.18 Å². The van der Waals surface area contributed by atoms with Crippen molar-refractivity contribution in [3.8, 4) is 0 Å². The molecule has 2 N–H and O–H groups in total. The Morgan fingerprint density at radius 2 is 2.16 bits per heavy atom. The molecule has 0 bridgehead atoms. The van der Waals surface area contributed by atoms with Crippen LogP contribution in [0.1, 0.15) is 16.2 Å². The van der Waals surface area contributed by atoms with E-state index in [1.165, 1.54) is 24.3 Å². The van der Waals surface area contributed by atoms with Crippen molar-refractivity contribution in [3.63, 3.8) is 0 Å². The molecule has 0 aliphatic rings. The zero-order chi connectivity index (χ0) is 13.8. The fourth-order valence-corrected chi connectivity index (χ4v) is 1.69. The van der Waals surface area contributed by atoms with Crippen molar-refractivity contribution >= 4 is 23.3 Å². The standard InChI is InChI=1S/C13H10ClFN2O2/c14-8-4-5-10(15)12(6-8)16-7-9-2-1-3-11(17-9)13(18)19/h1-6,16H,7H2,(H,18,19). The topological polar surface area (TPSA) is 62.2 Å². The van der Waals surface area contributed by atoms with Gasteiger partial charge in [0.2, 0.25) is 0 Å². The summed E-state index contributed by atoms with van der Waals surface area (Å²) < 4.78 is 13.4. The number of carboxylic acids is 1. The summed E-state index contributed by atoms with van der Waals surface area (Å²) in [5, 5.41) is 12.0. The number of hydrogen-bond acceptors (Lipinski definition) is 3. The SMILES string of the molecule is O=C(O)c1cccc(CNc2cc(Cl)ccc2F)n1. The van der Waals surface area contributed by atoms with Crippen LogP contribution in [0.3, 0.4) is 0 Å². The van der Waals surface area contributed by atoms with Gasteiger partial charge in [0.1, 0.15) is 11.5 Å². The molecule has 2 aromatic rings. The van der Waals surface area contributed by atoms with Crippen LogP contribution < -0.4 is 5.32 Å². The van der Waals surface area contributed by atoms with Crippen LogP contribution >= 0.6 is 11.6 Å². The average Bonchev–Trinajstić information content (AvgIpc) is 2.40. The third-order valence-electron chi connectivity index (χ3n) is 2.41. The lowest BCUT2D eigenvalue weighted by Crippen LogP contribution is -2.07. The molecule has 0 fully saturated rings. The van der Waals surface area contributed by atoms with E-state index in [1.54, 1.807) is 12.1 Å². The van der Waals surface area contributed by atoms with E-state index in [1.807, 2.05) is 0 Å². The summed E-state index contributed by atoms with van der Waals surface area (Å²) in [6, 6.07) is 8.80. The van der Waals surface area contributed by atoms with Gasteiger partial charge in [-0.3, -0.25) is 0 Å². The van der Waals surface area contributed by atoms with E-state index in [0.717, 1.165) is 0 Å². The Hall–Kier alpha value is -2.14. The van der Waals surface area contributed by atoms with E-state index >= 15 is 0 Å². The molecule has 0 amide bonds. The van der Waals surface area contributed by atoms with Crippen LogP contribution in [-0.2, 0) is 6.54 Å². The van der Waals surface area contributed by atoms with Crippen LogP contribution in [0.25, 0.3) is 0 Å². The van der Waals surface area contributed by atoms with Crippen LogP contribution in [0.15, 0.2) is 36.4 Å². The Labute approximate surface area is 113 Å². The molecule has 0 saturated heterocycles. The van der Waals surface area contributed by atoms with Gasteiger partial charge in [-0.15, -0.1) is 0 Å². The number of nitrogens with one attached hydrogen (secondary N) is 1. The zero-order valence-electron chi connectivity index (χ0n) is 9.73. The monoisotopic (exact) mass is 280 g/mol. The first-order valence-corrected chi connectivity index (χ1v) is 5.82. The van der Waals surface area contributed by atoms with Gasteiger partial charge in [-0.1, -0.05) is 17.7 Å². The quantitative estimate of drug-likeness (QED) is 0.903. The Kier molecular flexibility index (Phi) is 3.97. The number of hydrogen-bond donors (Lipinski definition) is 2. The maximum absolute atomic E-state index is 13.4. The molecule has 0 spiro atoms. The third-order valence-corrected chi connectivity index (χ3v) is 2.65. The van der Waals surface area contributed by atoms with Gasteiger partial charge in [0, 0.05) is 5.02 Å². The van der Waals surface area contributed by atoms with Crippen LogP contribution in [0, 0.1) is 5.82 Å². The van der Waals surface area contributed by atoms with Crippen molar-refractivity contribution in [1.29, 1.82) is 0 Å². The number of benzene rings is 1. The molecular formula is C13H10ClFN2O2. The normalized spacial score (nSPS) is 10.2. The Morgan fingerprint density at radius 3 is 2.89 bits per heavy atom. The Balaban J connectivity index is 2.12. The molecule has 19 heavy (non-hydrogen) atoms. The lowest BCUT2D eigenvalue weighted by molar-refractivity contribution is 0.0690. The summed E-state index contributed by atoms with van der Waals surface area (Å²) in [6.45, 7) is 0.207. The Morgan fingerprint density at radius 1 is 1.37 bits per heavy atom. The molecule has 1 aromatic carbocycles. The average molecular weight is 281 g/mol. The van der Waals surface area contributed by atoms with Gasteiger partial charge in [-0.2, -0.15) is 0 Å². The first kappa shape index (κ1) is 13.3. The molecule has 0 aliphatic heterocycles. The second kappa shape index (κ2) is 5.67. The summed E-state index contributed by atoms with van der Waals surface area (Å²) >= 11 is 5.77. The molecule has 2 rings (SSSR count). The molecule has 0 radical (unpaired) electrons. The van der Waals surface area contributed by atoms with Crippen LogP contribution in [-0.4, -0.2) is 16.1 Å². The van der Waals surface area contributed by atoms with E-state index in [2.05, 4.69) is 10.3 Å². The van der Waals surface area contributed by atoms with Gasteiger partial charge >= 0.3 is 5.97 Å². The van der Waals surface area contributed by atoms with Gasteiger partial charge in [-0.25, -0.2) is 14.2 Å². The van der Waals surface area contributed by atoms with Crippen LogP contribution in [0.4, 0.5) is 10.1 Å². The number of carboxylic acid groups (broad SMARTS) is 1. The minimum absolute atomic E-state index is 0.0501. The fourth-order valence-electron chi connectivity index (χ4n) is 1.52. The maximum Gasteiger partial charge on any atom is 0.354 e. The van der Waals surface area contributed by atoms with Crippen molar-refractivity contribution in [1.82, 2.24) is 4.98 Å². The van der Waals surface area contributed by atoms with Crippen molar-refractivity contribution < 1.29 is 14.3 Å². The van der Waals surface area contributed by atoms with Gasteiger partial charge in [0.05, 0.1) is 17.9 Å². The van der Waals surface area contributed by atoms with E-state index in [4.69, 9.17) is 16.7 Å². The lowest BCUT2D eigenvalue weighted by atomic mass is 10.2. The molecule has 0 unspecified atom stereocenters. The molecule has 6 heteroatoms. The molecule has 4 nitrogen and oxygen atoms in total. The van der Waals surface area contributed by atoms with Gasteiger partial charge < -0.3 is 10.4 Å². The number of nitrogens with zero attached hydrogens (tertiary/aromatic N) is 1. The summed E-state index contributed by atoms with van der Waals surface area (Å²) in [7, 11) is 0. The number of pyridine rings is 1. The zero-order valence-corrected chi connectivity index (χ0v) is 10.5. The number of halogens is 2. The molecule has 98 valence electrons. The number of aromatic carboxylic acids is 1. The maximum atomic E-state index is 13.4. The fraction of sp³-hybridized carbons (Fsp3) is 0.0769. The molecule has 0 saturated carbocycles. The second-order valence-corrected chi connectivity index (χ2v) is 4.23. The van der Waals surface area contributed by atoms with Gasteiger partial charge in [-0.05, 0) is 30.3 Å². The largest absolute Gasteiger partial charge is 0.477 e. The van der Waals surface area contributed by atoms with Gasteiger partial charge in [0.15, 0.2) is 0 Å². The summed E-state index contributed by atoms with van der Waals surface area (Å²) in [4.78, 5) is 14.7. The number of carbonyl (C=O) groups is 1. The minimum Gasteiger partial charge on any atom is -0.477 e. The van der Waals surface area contributed by atoms with E-state index in [0.29, 0.717) is 10.7 Å². The first-order valence-electron chi connectivity index (χ1n) is 5.44. The third kappa shape index (κ3) is 3.42. The predicted octanol–water partition coefficient (Wildman–Crippen LogP) is 3.18. The van der Waals surface area contributed by atoms with Crippen LogP contribution in [0.2, 0.25) is 5.02 Å². The van der Waals surface area contributed by atoms with Crippen LogP contribution in [0.5, 0.6) is 0 Å². The lowest BCUT2D eigenvalue weighted by Gasteiger charge is -2.08. The second-order valence-electron chi connectivity index (χ2n) is 3.80. The molecule has 1 heterocycles. The molecular weight excluding hydrogens is 271 g/mol. The summed E-state index contributed by atoms with van der Waals surface area (Å²) in [6.07, 6.45) is 0. The van der Waals surface area contributed by atoms with Crippen molar-refractivity contribution in [3.05, 3.63) is 58.6 Å². The van der Waals surface area contributed by atoms with E-state index in [-0.39, 0.29) is 17.9 Å². The number of anilines is 1. The smallest absolute Gasteiger partial charge is 0.354 e. The molecule has 0 aliphatic carbocycles. The van der Waals surface area contributed by atoms with Crippen molar-refractivity contribution in [2.75, 3.05) is 5.32 Å². The highest BCUT2D eigenvalue weighted by molar-refractivity contribution is 6.30. The Bertz CT molecular complexity index is 619. The van der Waals surface area contributed by atoms with E-state index < -0.39 is 11.8 Å². The molecule has 1 aromatic heterocycles. The first-order chi connectivity index (χ1) is 9.06. The highest BCUT2D eigenvalue weighted by atomic mass is 35.5. The number of rotatable bonds is 4. The minimum atomic E-state index is -1.10. The molecule has 0 atom stereocenters. The van der Waals surface area contributed by atoms with Crippen molar-refractivity contribution in [2.24, 2.45) is 0 Å².